The van der Waals surface area contributed by atoms with Crippen molar-refractivity contribution in [1.29, 1.82) is 0 Å². The number of benzene rings is 1. The minimum Gasteiger partial charge on any atom is -0.385 e. The minimum absolute atomic E-state index is 0.0148. The summed E-state index contributed by atoms with van der Waals surface area (Å²) in [6.07, 6.45) is 0.800. The first kappa shape index (κ1) is 16.1. The fraction of sp³-hybridized carbons (Fsp3) is 0.263. The van der Waals surface area contributed by atoms with Crippen LogP contribution >= 0.6 is 11.3 Å². The van der Waals surface area contributed by atoms with Gasteiger partial charge in [0.1, 0.15) is 0 Å². The highest BCUT2D eigenvalue weighted by molar-refractivity contribution is 7.13. The lowest BCUT2D eigenvalue weighted by atomic mass is 9.98. The molecule has 5 nitrogen and oxygen atoms in total. The minimum atomic E-state index is -0.114. The summed E-state index contributed by atoms with van der Waals surface area (Å²) >= 11 is 1.65. The quantitative estimate of drug-likeness (QED) is 0.687. The number of aromatic nitrogens is 2. The maximum absolute atomic E-state index is 13.0. The SMILES string of the molecule is COCCCN1C(=O)c2n[nH]c(-c3cccs3)c2C1c1ccccc1. The molecule has 25 heavy (non-hydrogen) atoms. The summed E-state index contributed by atoms with van der Waals surface area (Å²) in [5.74, 6) is -0.0148. The van der Waals surface area contributed by atoms with Crippen molar-refractivity contribution in [3.8, 4) is 10.6 Å². The van der Waals surface area contributed by atoms with Gasteiger partial charge in [0.05, 0.1) is 16.6 Å². The molecule has 1 aromatic carbocycles. The van der Waals surface area contributed by atoms with E-state index in [0.29, 0.717) is 18.8 Å². The zero-order valence-electron chi connectivity index (χ0n) is 13.9. The molecule has 1 atom stereocenters. The van der Waals surface area contributed by atoms with Crippen LogP contribution in [0.2, 0.25) is 0 Å². The number of hydrogen-bond acceptors (Lipinski definition) is 4. The van der Waals surface area contributed by atoms with E-state index in [1.807, 2.05) is 34.5 Å². The van der Waals surface area contributed by atoms with Gasteiger partial charge in [0, 0.05) is 25.8 Å². The fourth-order valence-corrected chi connectivity index (χ4v) is 4.12. The number of carbonyl (C=O) groups is 1. The number of aromatic amines is 1. The Morgan fingerprint density at radius 3 is 2.80 bits per heavy atom. The number of rotatable bonds is 6. The third kappa shape index (κ3) is 2.77. The second-order valence-corrected chi connectivity index (χ2v) is 6.94. The molecule has 1 aliphatic rings. The summed E-state index contributed by atoms with van der Waals surface area (Å²) in [6.45, 7) is 1.28. The van der Waals surface area contributed by atoms with Crippen molar-refractivity contribution in [3.63, 3.8) is 0 Å². The molecule has 6 heteroatoms. The second-order valence-electron chi connectivity index (χ2n) is 6.00. The zero-order chi connectivity index (χ0) is 17.2. The third-order valence-electron chi connectivity index (χ3n) is 4.48. The number of hydrogen-bond donors (Lipinski definition) is 1. The fourth-order valence-electron chi connectivity index (χ4n) is 3.39. The monoisotopic (exact) mass is 353 g/mol. The van der Waals surface area contributed by atoms with Crippen LogP contribution in [0.3, 0.4) is 0 Å². The lowest BCUT2D eigenvalue weighted by Crippen LogP contribution is -2.31. The van der Waals surface area contributed by atoms with E-state index in [1.165, 1.54) is 0 Å². The van der Waals surface area contributed by atoms with Crippen molar-refractivity contribution < 1.29 is 9.53 Å². The lowest BCUT2D eigenvalue weighted by molar-refractivity contribution is 0.0723. The van der Waals surface area contributed by atoms with Gasteiger partial charge in [-0.15, -0.1) is 11.3 Å². The highest BCUT2D eigenvalue weighted by Crippen LogP contribution is 2.43. The van der Waals surface area contributed by atoms with Crippen LogP contribution in [-0.2, 0) is 4.74 Å². The molecule has 128 valence electrons. The zero-order valence-corrected chi connectivity index (χ0v) is 14.8. The van der Waals surface area contributed by atoms with Gasteiger partial charge in [0.15, 0.2) is 5.69 Å². The lowest BCUT2D eigenvalue weighted by Gasteiger charge is -2.26. The molecular formula is C19H19N3O2S. The highest BCUT2D eigenvalue weighted by atomic mass is 32.1. The van der Waals surface area contributed by atoms with Crippen molar-refractivity contribution in [3.05, 3.63) is 64.7 Å². The topological polar surface area (TPSA) is 58.2 Å². The van der Waals surface area contributed by atoms with Crippen LogP contribution < -0.4 is 0 Å². The van der Waals surface area contributed by atoms with Gasteiger partial charge in [-0.1, -0.05) is 36.4 Å². The van der Waals surface area contributed by atoms with Crippen molar-refractivity contribution in [2.24, 2.45) is 0 Å². The van der Waals surface area contributed by atoms with E-state index in [2.05, 4.69) is 28.4 Å². The van der Waals surface area contributed by atoms with Gasteiger partial charge in [0.25, 0.3) is 5.91 Å². The van der Waals surface area contributed by atoms with Crippen LogP contribution in [-0.4, -0.2) is 41.3 Å². The number of nitrogens with one attached hydrogen (secondary N) is 1. The number of H-pyrrole nitrogens is 1. The second kappa shape index (κ2) is 6.82. The van der Waals surface area contributed by atoms with Crippen LogP contribution in [0, 0.1) is 0 Å². The van der Waals surface area contributed by atoms with Gasteiger partial charge in [-0.25, -0.2) is 0 Å². The molecule has 3 heterocycles. The van der Waals surface area contributed by atoms with Gasteiger partial charge in [-0.3, -0.25) is 9.89 Å². The average Bonchev–Trinajstić information content (AvgIpc) is 3.35. The Kier molecular flexibility index (Phi) is 4.38. The molecule has 4 rings (SSSR count). The third-order valence-corrected chi connectivity index (χ3v) is 5.37. The Hall–Kier alpha value is -2.44. The number of carbonyl (C=O) groups excluding carboxylic acids is 1. The summed E-state index contributed by atoms with van der Waals surface area (Å²) < 4.78 is 5.16. The molecule has 1 unspecified atom stereocenters. The molecule has 2 aromatic heterocycles. The van der Waals surface area contributed by atoms with Gasteiger partial charge in [-0.05, 0) is 23.4 Å². The maximum atomic E-state index is 13.0. The van der Waals surface area contributed by atoms with Gasteiger partial charge >= 0.3 is 0 Å². The van der Waals surface area contributed by atoms with Crippen molar-refractivity contribution in [2.45, 2.75) is 12.5 Å². The maximum Gasteiger partial charge on any atom is 0.275 e. The first-order chi connectivity index (χ1) is 12.3. The normalized spacial score (nSPS) is 16.4. The first-order valence-electron chi connectivity index (χ1n) is 8.28. The first-order valence-corrected chi connectivity index (χ1v) is 9.16. The molecule has 0 spiro atoms. The van der Waals surface area contributed by atoms with E-state index >= 15 is 0 Å². The largest absolute Gasteiger partial charge is 0.385 e. The Morgan fingerprint density at radius 2 is 2.08 bits per heavy atom. The molecular weight excluding hydrogens is 334 g/mol. The molecule has 0 aliphatic carbocycles. The molecule has 1 aliphatic heterocycles. The summed E-state index contributed by atoms with van der Waals surface area (Å²) in [4.78, 5) is 16.0. The van der Waals surface area contributed by atoms with E-state index in [1.54, 1.807) is 18.4 Å². The van der Waals surface area contributed by atoms with Crippen molar-refractivity contribution in [2.75, 3.05) is 20.3 Å². The van der Waals surface area contributed by atoms with Gasteiger partial charge in [0.2, 0.25) is 0 Å². The van der Waals surface area contributed by atoms with Crippen LogP contribution in [0.5, 0.6) is 0 Å². The average molecular weight is 353 g/mol. The standard InChI is InChI=1S/C19H19N3O2S/c1-24-11-6-10-22-18(13-7-3-2-4-8-13)15-16(14-9-5-12-25-14)20-21-17(15)19(22)23/h2-5,7-9,12,18H,6,10-11H2,1H3,(H,20,21). The Bertz CT molecular complexity index is 858. The van der Waals surface area contributed by atoms with Gasteiger partial charge < -0.3 is 9.64 Å². The number of methoxy groups -OCH3 is 1. The molecule has 1 N–H and O–H groups in total. The Balaban J connectivity index is 1.79. The molecule has 3 aromatic rings. The summed E-state index contributed by atoms with van der Waals surface area (Å²) in [5.41, 5.74) is 3.57. The number of nitrogens with zero attached hydrogens (tertiary/aromatic N) is 2. The molecule has 0 bridgehead atoms. The van der Waals surface area contributed by atoms with Crippen LogP contribution in [0.15, 0.2) is 47.8 Å². The van der Waals surface area contributed by atoms with Crippen LogP contribution in [0.4, 0.5) is 0 Å². The number of amides is 1. The molecule has 1 amide bonds. The highest BCUT2D eigenvalue weighted by Gasteiger charge is 2.42. The number of fused-ring (bicyclic) bond motifs is 1. The van der Waals surface area contributed by atoms with E-state index in [0.717, 1.165) is 28.1 Å². The van der Waals surface area contributed by atoms with Crippen LogP contribution in [0.1, 0.15) is 34.1 Å². The molecule has 0 radical (unpaired) electrons. The van der Waals surface area contributed by atoms with E-state index < -0.39 is 0 Å². The smallest absolute Gasteiger partial charge is 0.275 e. The molecule has 0 saturated carbocycles. The van der Waals surface area contributed by atoms with E-state index in [-0.39, 0.29) is 11.9 Å². The van der Waals surface area contributed by atoms with E-state index in [4.69, 9.17) is 4.74 Å². The Morgan fingerprint density at radius 1 is 1.24 bits per heavy atom. The van der Waals surface area contributed by atoms with Gasteiger partial charge in [-0.2, -0.15) is 5.10 Å². The van der Waals surface area contributed by atoms with Crippen molar-refractivity contribution in [1.82, 2.24) is 15.1 Å². The number of thiophene rings is 1. The molecule has 0 fully saturated rings. The summed E-state index contributed by atoms with van der Waals surface area (Å²) in [7, 11) is 1.68. The number of ether oxygens (including phenoxy) is 1. The van der Waals surface area contributed by atoms with Crippen LogP contribution in [0.25, 0.3) is 10.6 Å². The predicted molar refractivity (Wildman–Crippen MR) is 97.7 cm³/mol. The Labute approximate surface area is 150 Å². The van der Waals surface area contributed by atoms with E-state index in [9.17, 15) is 4.79 Å². The summed E-state index contributed by atoms with van der Waals surface area (Å²) in [6, 6.07) is 14.1. The summed E-state index contributed by atoms with van der Waals surface area (Å²) in [5, 5.41) is 9.47. The predicted octanol–water partition coefficient (Wildman–Crippen LogP) is 3.72. The van der Waals surface area contributed by atoms with Crippen molar-refractivity contribution >= 4 is 17.2 Å². The molecule has 0 saturated heterocycles.